The number of carbonyl (C=O) groups is 1. The van der Waals surface area contributed by atoms with Crippen molar-refractivity contribution >= 4 is 15.8 Å². The van der Waals surface area contributed by atoms with Gasteiger partial charge in [0.25, 0.3) is 0 Å². The number of carbonyl (C=O) groups excluding carboxylic acids is 1. The molecule has 0 N–H and O–H groups in total. The molecule has 2 aromatic rings. The van der Waals surface area contributed by atoms with Crippen LogP contribution in [0.25, 0.3) is 0 Å². The summed E-state index contributed by atoms with van der Waals surface area (Å²) in [6, 6.07) is 16.0. The monoisotopic (exact) mass is 396 g/mol. The molecule has 0 aliphatic carbocycles. The van der Waals surface area contributed by atoms with Gasteiger partial charge in [-0.15, -0.1) is 0 Å². The third-order valence-electron chi connectivity index (χ3n) is 5.44. The number of hydrogen-bond acceptors (Lipinski definition) is 5. The Hall–Kier alpha value is -2.69. The Balaban J connectivity index is 1.48. The van der Waals surface area contributed by atoms with Crippen LogP contribution >= 0.6 is 0 Å². The van der Waals surface area contributed by atoms with Crippen LogP contribution in [0.15, 0.2) is 48.5 Å². The molecule has 1 spiro atoms. The molecule has 1 saturated heterocycles. The number of rotatable bonds is 3. The van der Waals surface area contributed by atoms with Gasteiger partial charge in [0.1, 0.15) is 11.4 Å². The lowest BCUT2D eigenvalue weighted by molar-refractivity contribution is 0.00589. The van der Waals surface area contributed by atoms with Crippen LogP contribution in [0, 0.1) is 11.3 Å². The van der Waals surface area contributed by atoms with Gasteiger partial charge in [-0.1, -0.05) is 30.3 Å². The highest BCUT2D eigenvalue weighted by Crippen LogP contribution is 2.40. The Labute approximate surface area is 164 Å². The average Bonchev–Trinajstić information content (AvgIpc) is 2.68. The first-order chi connectivity index (χ1) is 13.4. The molecule has 0 bridgehead atoms. The first kappa shape index (κ1) is 18.7. The quantitative estimate of drug-likeness (QED) is 0.796. The summed E-state index contributed by atoms with van der Waals surface area (Å²) in [5, 5.41) is 9.01. The number of hydrogen-bond donors (Lipinski definition) is 0. The van der Waals surface area contributed by atoms with E-state index in [0.717, 1.165) is 5.56 Å². The van der Waals surface area contributed by atoms with Crippen LogP contribution in [-0.2, 0) is 15.8 Å². The van der Waals surface area contributed by atoms with E-state index in [1.807, 2.05) is 24.3 Å². The van der Waals surface area contributed by atoms with E-state index in [9.17, 15) is 13.2 Å². The summed E-state index contributed by atoms with van der Waals surface area (Å²) in [6.45, 7) is 0.655. The summed E-state index contributed by atoms with van der Waals surface area (Å²) >= 11 is 0. The van der Waals surface area contributed by atoms with E-state index in [0.29, 0.717) is 42.8 Å². The van der Waals surface area contributed by atoms with Gasteiger partial charge in [-0.25, -0.2) is 12.7 Å². The zero-order valence-electron chi connectivity index (χ0n) is 15.3. The predicted molar refractivity (Wildman–Crippen MR) is 103 cm³/mol. The lowest BCUT2D eigenvalue weighted by atomic mass is 9.83. The molecule has 144 valence electrons. The zero-order chi connectivity index (χ0) is 19.8. The second-order valence-electron chi connectivity index (χ2n) is 7.35. The molecule has 0 radical (unpaired) electrons. The highest BCUT2D eigenvalue weighted by atomic mass is 32.2. The Morgan fingerprint density at radius 2 is 1.82 bits per heavy atom. The van der Waals surface area contributed by atoms with Gasteiger partial charge in [-0.05, 0) is 23.8 Å². The average molecular weight is 396 g/mol. The lowest BCUT2D eigenvalue weighted by Gasteiger charge is -2.43. The number of sulfonamides is 1. The van der Waals surface area contributed by atoms with Crippen LogP contribution in [-0.4, -0.2) is 37.2 Å². The standard InChI is InChI=1S/C21H20N2O4S/c22-14-17-6-7-20-18(12-17)19(24)13-21(27-20)8-10-23(11-9-21)28(25,26)15-16-4-2-1-3-5-16/h1-7,12H,8-11,13,15H2. The molecule has 2 aliphatic heterocycles. The van der Waals surface area contributed by atoms with Gasteiger partial charge in [0.15, 0.2) is 5.78 Å². The fraction of sp³-hybridized carbons (Fsp3) is 0.333. The molecule has 2 aliphatic rings. The summed E-state index contributed by atoms with van der Waals surface area (Å²) in [4.78, 5) is 12.6. The van der Waals surface area contributed by atoms with Crippen molar-refractivity contribution in [3.8, 4) is 11.8 Å². The molecular formula is C21H20N2O4S. The van der Waals surface area contributed by atoms with E-state index in [2.05, 4.69) is 0 Å². The molecule has 0 amide bonds. The molecule has 1 fully saturated rings. The second-order valence-corrected chi connectivity index (χ2v) is 9.32. The number of fused-ring (bicyclic) bond motifs is 1. The van der Waals surface area contributed by atoms with Gasteiger partial charge < -0.3 is 4.74 Å². The minimum absolute atomic E-state index is 0.0274. The maximum atomic E-state index is 12.7. The molecule has 0 saturated carbocycles. The van der Waals surface area contributed by atoms with Gasteiger partial charge in [0, 0.05) is 25.9 Å². The largest absolute Gasteiger partial charge is 0.486 e. The zero-order valence-corrected chi connectivity index (χ0v) is 16.1. The molecular weight excluding hydrogens is 376 g/mol. The van der Waals surface area contributed by atoms with E-state index in [1.165, 1.54) is 4.31 Å². The molecule has 7 heteroatoms. The molecule has 6 nitrogen and oxygen atoms in total. The van der Waals surface area contributed by atoms with E-state index in [-0.39, 0.29) is 18.0 Å². The van der Waals surface area contributed by atoms with Crippen molar-refractivity contribution in [2.45, 2.75) is 30.6 Å². The molecule has 4 rings (SSSR count). The molecule has 0 atom stereocenters. The van der Waals surface area contributed by atoms with Crippen molar-refractivity contribution in [3.05, 3.63) is 65.2 Å². The van der Waals surface area contributed by atoms with E-state index in [1.54, 1.807) is 30.3 Å². The van der Waals surface area contributed by atoms with Gasteiger partial charge in [0.2, 0.25) is 10.0 Å². The summed E-state index contributed by atoms with van der Waals surface area (Å²) in [5.41, 5.74) is 0.947. The topological polar surface area (TPSA) is 87.5 Å². The summed E-state index contributed by atoms with van der Waals surface area (Å²) in [7, 11) is -3.42. The number of ketones is 1. The first-order valence-electron chi connectivity index (χ1n) is 9.19. The maximum absolute atomic E-state index is 12.7. The van der Waals surface area contributed by atoms with Crippen LogP contribution < -0.4 is 4.74 Å². The fourth-order valence-corrected chi connectivity index (χ4v) is 5.43. The Morgan fingerprint density at radius 3 is 2.50 bits per heavy atom. The Morgan fingerprint density at radius 1 is 1.11 bits per heavy atom. The third-order valence-corrected chi connectivity index (χ3v) is 7.29. The number of benzene rings is 2. The normalized spacial score (nSPS) is 18.9. The minimum atomic E-state index is -3.42. The number of nitrogens with zero attached hydrogens (tertiary/aromatic N) is 2. The van der Waals surface area contributed by atoms with Crippen LogP contribution in [0.4, 0.5) is 0 Å². The second kappa shape index (κ2) is 7.04. The number of piperidine rings is 1. The Bertz CT molecular complexity index is 1050. The third kappa shape index (κ3) is 3.53. The Kier molecular flexibility index (Phi) is 4.69. The SMILES string of the molecule is N#Cc1ccc2c(c1)C(=O)CC1(CCN(S(=O)(=O)Cc3ccccc3)CC1)O2. The first-order valence-corrected chi connectivity index (χ1v) is 10.8. The molecule has 2 heterocycles. The number of ether oxygens (including phenoxy) is 1. The van der Waals surface area contributed by atoms with Crippen molar-refractivity contribution < 1.29 is 17.9 Å². The molecule has 0 aromatic heterocycles. The maximum Gasteiger partial charge on any atom is 0.218 e. The molecule has 2 aromatic carbocycles. The highest BCUT2D eigenvalue weighted by Gasteiger charge is 2.44. The number of nitriles is 1. The van der Waals surface area contributed by atoms with Crippen LogP contribution in [0.3, 0.4) is 0 Å². The minimum Gasteiger partial charge on any atom is -0.486 e. The van der Waals surface area contributed by atoms with Gasteiger partial charge in [-0.2, -0.15) is 5.26 Å². The van der Waals surface area contributed by atoms with E-state index >= 15 is 0 Å². The summed E-state index contributed by atoms with van der Waals surface area (Å²) < 4.78 is 33.1. The van der Waals surface area contributed by atoms with Crippen molar-refractivity contribution in [2.24, 2.45) is 0 Å². The van der Waals surface area contributed by atoms with Crippen LogP contribution in [0.2, 0.25) is 0 Å². The van der Waals surface area contributed by atoms with Crippen LogP contribution in [0.1, 0.15) is 40.7 Å². The van der Waals surface area contributed by atoms with Crippen LogP contribution in [0.5, 0.6) is 5.75 Å². The predicted octanol–water partition coefficient (Wildman–Crippen LogP) is 2.89. The lowest BCUT2D eigenvalue weighted by Crippen LogP contribution is -2.52. The van der Waals surface area contributed by atoms with Crippen molar-refractivity contribution in [1.82, 2.24) is 4.31 Å². The molecule has 0 unspecified atom stereocenters. The van der Waals surface area contributed by atoms with Crippen molar-refractivity contribution in [2.75, 3.05) is 13.1 Å². The van der Waals surface area contributed by atoms with Gasteiger partial charge >= 0.3 is 0 Å². The highest BCUT2D eigenvalue weighted by molar-refractivity contribution is 7.88. The fourth-order valence-electron chi connectivity index (χ4n) is 3.89. The number of Topliss-reactive ketones (excluding diaryl/α,β-unsaturated/α-hetero) is 1. The van der Waals surface area contributed by atoms with Gasteiger partial charge in [-0.3, -0.25) is 4.79 Å². The van der Waals surface area contributed by atoms with E-state index < -0.39 is 15.6 Å². The van der Waals surface area contributed by atoms with Crippen molar-refractivity contribution in [3.63, 3.8) is 0 Å². The molecule has 28 heavy (non-hydrogen) atoms. The summed E-state index contributed by atoms with van der Waals surface area (Å²) in [6.07, 6.45) is 1.14. The smallest absolute Gasteiger partial charge is 0.218 e. The van der Waals surface area contributed by atoms with E-state index in [4.69, 9.17) is 10.00 Å². The van der Waals surface area contributed by atoms with Gasteiger partial charge in [0.05, 0.1) is 29.4 Å². The summed E-state index contributed by atoms with van der Waals surface area (Å²) in [5.74, 6) is 0.398. The van der Waals surface area contributed by atoms with Crippen molar-refractivity contribution in [1.29, 1.82) is 5.26 Å².